The number of rotatable bonds is 5. The van der Waals surface area contributed by atoms with Crippen LogP contribution in [0, 0.1) is 0 Å². The first-order valence-electron chi connectivity index (χ1n) is 6.00. The van der Waals surface area contributed by atoms with Gasteiger partial charge in [0, 0.05) is 18.9 Å². The molecule has 1 aromatic carbocycles. The van der Waals surface area contributed by atoms with E-state index in [1.165, 1.54) is 0 Å². The normalized spacial score (nSPS) is 10.1. The second-order valence-electron chi connectivity index (χ2n) is 4.09. The largest absolute Gasteiger partial charge is 0.375 e. The van der Waals surface area contributed by atoms with Gasteiger partial charge < -0.3 is 10.6 Å². The molecular weight excluding hydrogens is 297 g/mol. The number of nitrogens with zero attached hydrogens (tertiary/aromatic N) is 1. The molecule has 20 heavy (non-hydrogen) atoms. The van der Waals surface area contributed by atoms with Crippen LogP contribution in [0.3, 0.4) is 0 Å². The predicted molar refractivity (Wildman–Crippen MR) is 81.0 cm³/mol. The van der Waals surface area contributed by atoms with E-state index in [1.807, 2.05) is 12.1 Å². The molecule has 1 aromatic heterocycles. The highest BCUT2D eigenvalue weighted by molar-refractivity contribution is 6.43. The average molecular weight is 310 g/mol. The lowest BCUT2D eigenvalue weighted by Crippen LogP contribution is -2.29. The summed E-state index contributed by atoms with van der Waals surface area (Å²) < 4.78 is 0. The van der Waals surface area contributed by atoms with E-state index in [0.29, 0.717) is 22.3 Å². The van der Waals surface area contributed by atoms with Crippen molar-refractivity contribution in [2.45, 2.75) is 6.54 Å². The molecule has 2 aromatic rings. The van der Waals surface area contributed by atoms with E-state index in [0.717, 1.165) is 5.56 Å². The van der Waals surface area contributed by atoms with Gasteiger partial charge in [0.15, 0.2) is 0 Å². The molecule has 0 fully saturated rings. The predicted octanol–water partition coefficient (Wildman–Crippen LogP) is 3.12. The van der Waals surface area contributed by atoms with Crippen LogP contribution in [0.4, 0.5) is 5.69 Å². The van der Waals surface area contributed by atoms with E-state index in [2.05, 4.69) is 15.6 Å². The number of pyridine rings is 1. The highest BCUT2D eigenvalue weighted by Gasteiger charge is 2.06. The number of halogens is 2. The summed E-state index contributed by atoms with van der Waals surface area (Å²) in [6, 6.07) is 8.93. The number of anilines is 1. The maximum Gasteiger partial charge on any atom is 0.239 e. The molecule has 1 heterocycles. The standard InChI is InChI=1S/C14H13Cl2N3O/c15-11-2-1-3-12(14(11)16)18-9-13(20)19-8-10-4-6-17-7-5-10/h1-7,18H,8-9H2,(H,19,20). The molecule has 1 amide bonds. The lowest BCUT2D eigenvalue weighted by atomic mass is 10.2. The third-order valence-electron chi connectivity index (χ3n) is 2.63. The average Bonchev–Trinajstić information content (AvgIpc) is 2.48. The summed E-state index contributed by atoms with van der Waals surface area (Å²) >= 11 is 11.9. The Morgan fingerprint density at radius 1 is 1.15 bits per heavy atom. The Kier molecular flexibility index (Phi) is 5.21. The van der Waals surface area contributed by atoms with Gasteiger partial charge in [-0.3, -0.25) is 9.78 Å². The van der Waals surface area contributed by atoms with E-state index in [9.17, 15) is 4.79 Å². The van der Waals surface area contributed by atoms with Crippen LogP contribution in [0.2, 0.25) is 10.0 Å². The van der Waals surface area contributed by atoms with Crippen molar-refractivity contribution in [3.8, 4) is 0 Å². The molecule has 0 saturated carbocycles. The quantitative estimate of drug-likeness (QED) is 0.892. The third kappa shape index (κ3) is 4.11. The first-order chi connectivity index (χ1) is 9.66. The molecular formula is C14H13Cl2N3O. The summed E-state index contributed by atoms with van der Waals surface area (Å²) in [5, 5.41) is 6.61. The van der Waals surface area contributed by atoms with Crippen molar-refractivity contribution in [1.29, 1.82) is 0 Å². The SMILES string of the molecule is O=C(CNc1cccc(Cl)c1Cl)NCc1ccncc1. The van der Waals surface area contributed by atoms with Crippen LogP contribution in [0.5, 0.6) is 0 Å². The summed E-state index contributed by atoms with van der Waals surface area (Å²) in [6.07, 6.45) is 3.37. The Hall–Kier alpha value is -1.78. The van der Waals surface area contributed by atoms with Gasteiger partial charge in [0.2, 0.25) is 5.91 Å². The molecule has 0 aliphatic heterocycles. The number of benzene rings is 1. The number of carbonyl (C=O) groups is 1. The maximum atomic E-state index is 11.7. The van der Waals surface area contributed by atoms with Gasteiger partial charge in [-0.2, -0.15) is 0 Å². The topological polar surface area (TPSA) is 54.0 Å². The minimum atomic E-state index is -0.127. The fraction of sp³-hybridized carbons (Fsp3) is 0.143. The Bertz CT molecular complexity index is 590. The van der Waals surface area contributed by atoms with Gasteiger partial charge in [0.05, 0.1) is 22.3 Å². The fourth-order valence-electron chi connectivity index (χ4n) is 1.58. The molecule has 0 spiro atoms. The number of nitrogens with one attached hydrogen (secondary N) is 2. The number of carbonyl (C=O) groups excluding carboxylic acids is 1. The van der Waals surface area contributed by atoms with Crippen LogP contribution < -0.4 is 10.6 Å². The Balaban J connectivity index is 1.82. The lowest BCUT2D eigenvalue weighted by Gasteiger charge is -2.09. The van der Waals surface area contributed by atoms with Gasteiger partial charge in [0.25, 0.3) is 0 Å². The molecule has 2 rings (SSSR count). The van der Waals surface area contributed by atoms with Crippen LogP contribution >= 0.6 is 23.2 Å². The van der Waals surface area contributed by atoms with Crippen LogP contribution in [0.15, 0.2) is 42.7 Å². The molecule has 104 valence electrons. The van der Waals surface area contributed by atoms with Crippen molar-refractivity contribution in [3.63, 3.8) is 0 Å². The van der Waals surface area contributed by atoms with Crippen molar-refractivity contribution in [2.75, 3.05) is 11.9 Å². The van der Waals surface area contributed by atoms with E-state index in [-0.39, 0.29) is 12.5 Å². The molecule has 0 radical (unpaired) electrons. The highest BCUT2D eigenvalue weighted by atomic mass is 35.5. The van der Waals surface area contributed by atoms with Crippen LogP contribution in [0.25, 0.3) is 0 Å². The van der Waals surface area contributed by atoms with E-state index < -0.39 is 0 Å². The maximum absolute atomic E-state index is 11.7. The molecule has 0 bridgehead atoms. The van der Waals surface area contributed by atoms with Crippen LogP contribution in [-0.4, -0.2) is 17.4 Å². The zero-order valence-corrected chi connectivity index (χ0v) is 12.1. The van der Waals surface area contributed by atoms with Gasteiger partial charge in [-0.1, -0.05) is 29.3 Å². The molecule has 0 atom stereocenters. The summed E-state index contributed by atoms with van der Waals surface area (Å²) in [7, 11) is 0. The molecule has 4 nitrogen and oxygen atoms in total. The zero-order valence-electron chi connectivity index (χ0n) is 10.6. The Morgan fingerprint density at radius 3 is 2.65 bits per heavy atom. The number of amides is 1. The summed E-state index contributed by atoms with van der Waals surface area (Å²) in [5.41, 5.74) is 1.63. The molecule has 0 aliphatic rings. The van der Waals surface area contributed by atoms with E-state index >= 15 is 0 Å². The first kappa shape index (κ1) is 14.6. The highest BCUT2D eigenvalue weighted by Crippen LogP contribution is 2.29. The van der Waals surface area contributed by atoms with Gasteiger partial charge in [-0.05, 0) is 29.8 Å². The first-order valence-corrected chi connectivity index (χ1v) is 6.76. The van der Waals surface area contributed by atoms with Gasteiger partial charge in [-0.25, -0.2) is 0 Å². The van der Waals surface area contributed by atoms with Crippen molar-refractivity contribution >= 4 is 34.8 Å². The third-order valence-corrected chi connectivity index (χ3v) is 3.45. The molecule has 0 saturated heterocycles. The summed E-state index contributed by atoms with van der Waals surface area (Å²) in [5.74, 6) is -0.127. The molecule has 2 N–H and O–H groups in total. The number of hydrogen-bond donors (Lipinski definition) is 2. The summed E-state index contributed by atoms with van der Waals surface area (Å²) in [6.45, 7) is 0.595. The number of hydrogen-bond acceptors (Lipinski definition) is 3. The van der Waals surface area contributed by atoms with Crippen molar-refractivity contribution < 1.29 is 4.79 Å². The van der Waals surface area contributed by atoms with Gasteiger partial charge in [0.1, 0.15) is 0 Å². The van der Waals surface area contributed by atoms with E-state index in [4.69, 9.17) is 23.2 Å². The van der Waals surface area contributed by atoms with Crippen molar-refractivity contribution in [3.05, 3.63) is 58.3 Å². The van der Waals surface area contributed by atoms with Crippen molar-refractivity contribution in [1.82, 2.24) is 10.3 Å². The second-order valence-corrected chi connectivity index (χ2v) is 4.87. The summed E-state index contributed by atoms with van der Waals surface area (Å²) in [4.78, 5) is 15.6. The minimum absolute atomic E-state index is 0.127. The second kappa shape index (κ2) is 7.12. The van der Waals surface area contributed by atoms with Crippen LogP contribution in [-0.2, 0) is 11.3 Å². The Labute approximate surface area is 127 Å². The zero-order chi connectivity index (χ0) is 14.4. The van der Waals surface area contributed by atoms with Crippen LogP contribution in [0.1, 0.15) is 5.56 Å². The monoisotopic (exact) mass is 309 g/mol. The fourth-order valence-corrected chi connectivity index (χ4v) is 1.95. The van der Waals surface area contributed by atoms with Crippen molar-refractivity contribution in [2.24, 2.45) is 0 Å². The lowest BCUT2D eigenvalue weighted by molar-refractivity contribution is -0.119. The van der Waals surface area contributed by atoms with E-state index in [1.54, 1.807) is 30.6 Å². The molecule has 0 aliphatic carbocycles. The van der Waals surface area contributed by atoms with Gasteiger partial charge in [-0.15, -0.1) is 0 Å². The van der Waals surface area contributed by atoms with Gasteiger partial charge >= 0.3 is 0 Å². The molecule has 0 unspecified atom stereocenters. The Morgan fingerprint density at radius 2 is 1.90 bits per heavy atom. The smallest absolute Gasteiger partial charge is 0.239 e. The number of aromatic nitrogens is 1. The minimum Gasteiger partial charge on any atom is -0.375 e. The molecule has 6 heteroatoms.